The van der Waals surface area contributed by atoms with E-state index in [0.717, 1.165) is 28.2 Å². The van der Waals surface area contributed by atoms with Gasteiger partial charge in [0.2, 0.25) is 0 Å². The number of rotatable bonds is 6. The van der Waals surface area contributed by atoms with Crippen LogP contribution >= 0.6 is 0 Å². The lowest BCUT2D eigenvalue weighted by Gasteiger charge is -2.23. The molecule has 1 heterocycles. The van der Waals surface area contributed by atoms with Crippen molar-refractivity contribution in [3.8, 4) is 11.4 Å². The van der Waals surface area contributed by atoms with Crippen LogP contribution < -0.4 is 0 Å². The summed E-state index contributed by atoms with van der Waals surface area (Å²) in [4.78, 5) is 12.7. The zero-order valence-corrected chi connectivity index (χ0v) is 16.5. The summed E-state index contributed by atoms with van der Waals surface area (Å²) in [5.41, 5.74) is 3.67. The summed E-state index contributed by atoms with van der Waals surface area (Å²) >= 11 is 0. The van der Waals surface area contributed by atoms with Gasteiger partial charge in [-0.15, -0.1) is 15.0 Å². The summed E-state index contributed by atoms with van der Waals surface area (Å²) in [5.74, 6) is -0.246. The zero-order valence-electron chi connectivity index (χ0n) is 16.5. The van der Waals surface area contributed by atoms with Crippen LogP contribution in [0.5, 0.6) is 5.75 Å². The van der Waals surface area contributed by atoms with Gasteiger partial charge >= 0.3 is 5.97 Å². The van der Waals surface area contributed by atoms with Crippen LogP contribution in [0.25, 0.3) is 16.7 Å². The number of carbonyl (C=O) groups excluding carboxylic acids is 1. The molecule has 3 aromatic rings. The molecule has 0 atom stereocenters. The highest BCUT2D eigenvalue weighted by atomic mass is 16.5. The molecule has 2 aromatic carbocycles. The third-order valence-electron chi connectivity index (χ3n) is 4.48. The Morgan fingerprint density at radius 1 is 1.21 bits per heavy atom. The first-order valence-corrected chi connectivity index (χ1v) is 9.27. The van der Waals surface area contributed by atoms with E-state index in [0.29, 0.717) is 25.1 Å². The van der Waals surface area contributed by atoms with Gasteiger partial charge in [-0.05, 0) is 42.0 Å². The number of nitrogens with zero attached hydrogens (tertiary/aromatic N) is 3. The molecule has 0 saturated carbocycles. The molecule has 0 unspecified atom stereocenters. The van der Waals surface area contributed by atoms with Crippen LogP contribution in [0.3, 0.4) is 0 Å². The molecule has 28 heavy (non-hydrogen) atoms. The lowest BCUT2D eigenvalue weighted by molar-refractivity contribution is -0.137. The molecule has 3 rings (SSSR count). The third-order valence-corrected chi connectivity index (χ3v) is 4.48. The van der Waals surface area contributed by atoms with E-state index in [-0.39, 0.29) is 11.2 Å². The fraction of sp³-hybridized carbons (Fsp3) is 0.318. The number of aromatic nitrogens is 3. The van der Waals surface area contributed by atoms with Crippen LogP contribution in [-0.4, -0.2) is 32.7 Å². The molecule has 0 spiro atoms. The molecular weight excluding hydrogens is 354 g/mol. The minimum absolute atomic E-state index is 0.176. The highest BCUT2D eigenvalue weighted by Crippen LogP contribution is 2.36. The van der Waals surface area contributed by atoms with Crippen molar-refractivity contribution in [1.29, 1.82) is 0 Å². The number of hydrogen-bond donors (Lipinski definition) is 1. The summed E-state index contributed by atoms with van der Waals surface area (Å²) in [5, 5.41) is 19.9. The Morgan fingerprint density at radius 2 is 1.86 bits per heavy atom. The monoisotopic (exact) mass is 379 g/mol. The lowest BCUT2D eigenvalue weighted by atomic mass is 9.84. The quantitative estimate of drug-likeness (QED) is 0.397. The average Bonchev–Trinajstić information content (AvgIpc) is 3.08. The maximum atomic E-state index is 11.2. The summed E-state index contributed by atoms with van der Waals surface area (Å²) in [7, 11) is 0. The van der Waals surface area contributed by atoms with Crippen molar-refractivity contribution in [3.63, 3.8) is 0 Å². The zero-order chi connectivity index (χ0) is 20.3. The van der Waals surface area contributed by atoms with Gasteiger partial charge in [0, 0.05) is 11.6 Å². The number of esters is 1. The first-order valence-electron chi connectivity index (χ1n) is 9.27. The lowest BCUT2D eigenvalue weighted by Crippen LogP contribution is -2.14. The molecule has 1 aromatic heterocycles. The Kier molecular flexibility index (Phi) is 5.49. The molecule has 0 radical (unpaired) electrons. The first kappa shape index (κ1) is 19.6. The van der Waals surface area contributed by atoms with Crippen LogP contribution in [0.15, 0.2) is 49.1 Å². The number of phenolic OH excluding ortho intramolecular Hbond substituents is 1. The van der Waals surface area contributed by atoms with Gasteiger partial charge in [0.25, 0.3) is 0 Å². The summed E-state index contributed by atoms with van der Waals surface area (Å²) < 4.78 is 5.05. The van der Waals surface area contributed by atoms with Crippen molar-refractivity contribution in [1.82, 2.24) is 15.0 Å². The van der Waals surface area contributed by atoms with Gasteiger partial charge in [-0.2, -0.15) is 0 Å². The predicted octanol–water partition coefficient (Wildman–Crippen LogP) is 4.09. The maximum absolute atomic E-state index is 11.2. The predicted molar refractivity (Wildman–Crippen MR) is 109 cm³/mol. The van der Waals surface area contributed by atoms with Crippen LogP contribution in [0.2, 0.25) is 0 Å². The van der Waals surface area contributed by atoms with Gasteiger partial charge in [-0.3, -0.25) is 0 Å². The van der Waals surface area contributed by atoms with Gasteiger partial charge < -0.3 is 9.84 Å². The third kappa shape index (κ3) is 4.22. The summed E-state index contributed by atoms with van der Waals surface area (Å²) in [6.07, 6.45) is 2.52. The largest absolute Gasteiger partial charge is 0.505 e. The Morgan fingerprint density at radius 3 is 2.43 bits per heavy atom. The topological polar surface area (TPSA) is 77.2 Å². The Labute approximate surface area is 164 Å². The molecule has 6 heteroatoms. The van der Waals surface area contributed by atoms with E-state index >= 15 is 0 Å². The molecule has 0 aliphatic rings. The second kappa shape index (κ2) is 7.84. The number of carbonyl (C=O) groups is 1. The van der Waals surface area contributed by atoms with Crippen LogP contribution in [0, 0.1) is 0 Å². The average molecular weight is 379 g/mol. The van der Waals surface area contributed by atoms with Crippen LogP contribution in [-0.2, 0) is 21.4 Å². The molecule has 0 saturated heterocycles. The van der Waals surface area contributed by atoms with Crippen molar-refractivity contribution in [3.05, 3.63) is 60.2 Å². The van der Waals surface area contributed by atoms with Crippen LogP contribution in [0.4, 0.5) is 0 Å². The molecule has 6 nitrogen and oxygen atoms in total. The Bertz CT molecular complexity index is 983. The molecule has 146 valence electrons. The van der Waals surface area contributed by atoms with E-state index in [4.69, 9.17) is 4.74 Å². The van der Waals surface area contributed by atoms with E-state index in [1.165, 1.54) is 4.80 Å². The van der Waals surface area contributed by atoms with E-state index in [9.17, 15) is 9.90 Å². The smallest absolute Gasteiger partial charge is 0.330 e. The minimum Gasteiger partial charge on any atom is -0.505 e. The molecule has 1 N–H and O–H groups in total. The van der Waals surface area contributed by atoms with E-state index < -0.39 is 5.97 Å². The van der Waals surface area contributed by atoms with Crippen molar-refractivity contribution >= 4 is 17.0 Å². The van der Waals surface area contributed by atoms with Gasteiger partial charge in [0.1, 0.15) is 22.5 Å². The molecular formula is C22H25N3O3. The van der Waals surface area contributed by atoms with E-state index in [1.807, 2.05) is 36.4 Å². The fourth-order valence-corrected chi connectivity index (χ4v) is 3.02. The van der Waals surface area contributed by atoms with Crippen LogP contribution in [0.1, 0.15) is 38.3 Å². The van der Waals surface area contributed by atoms with Crippen molar-refractivity contribution in [2.45, 2.75) is 39.0 Å². The van der Waals surface area contributed by atoms with Crippen molar-refractivity contribution in [2.24, 2.45) is 0 Å². The molecule has 0 bridgehead atoms. The SMILES string of the molecule is C=CC(=O)OCCCc1cc(-n2nc3ccccc3n2)c(O)c(C(C)(C)C)c1. The van der Waals surface area contributed by atoms with Crippen molar-refractivity contribution < 1.29 is 14.6 Å². The molecule has 0 aliphatic heterocycles. The normalized spacial score (nSPS) is 11.5. The number of phenols is 1. The standard InChI is InChI=1S/C22H25N3O3/c1-5-20(26)28-12-8-9-15-13-16(22(2,3)4)21(27)19(14-15)25-23-17-10-6-7-11-18(17)24-25/h5-7,10-11,13-14,27H,1,8-9,12H2,2-4H3. The van der Waals surface area contributed by atoms with E-state index in [1.54, 1.807) is 0 Å². The molecule has 0 aliphatic carbocycles. The molecule has 0 amide bonds. The first-order chi connectivity index (χ1) is 13.3. The minimum atomic E-state index is -0.422. The van der Waals surface area contributed by atoms with Gasteiger partial charge in [-0.1, -0.05) is 45.5 Å². The van der Waals surface area contributed by atoms with E-state index in [2.05, 4.69) is 37.5 Å². The van der Waals surface area contributed by atoms with Gasteiger partial charge in [0.15, 0.2) is 0 Å². The highest BCUT2D eigenvalue weighted by molar-refractivity contribution is 5.81. The number of fused-ring (bicyclic) bond motifs is 1. The van der Waals surface area contributed by atoms with Crippen molar-refractivity contribution in [2.75, 3.05) is 6.61 Å². The fourth-order valence-electron chi connectivity index (χ4n) is 3.02. The summed E-state index contributed by atoms with van der Waals surface area (Å²) in [6, 6.07) is 11.5. The number of aromatic hydroxyl groups is 1. The second-order valence-corrected chi connectivity index (χ2v) is 7.71. The molecule has 0 fully saturated rings. The number of hydrogen-bond acceptors (Lipinski definition) is 5. The number of aryl methyl sites for hydroxylation is 1. The highest BCUT2D eigenvalue weighted by Gasteiger charge is 2.23. The summed E-state index contributed by atoms with van der Waals surface area (Å²) in [6.45, 7) is 9.86. The Balaban J connectivity index is 1.96. The number of ether oxygens (including phenoxy) is 1. The maximum Gasteiger partial charge on any atom is 0.330 e. The van der Waals surface area contributed by atoms with Gasteiger partial charge in [0.05, 0.1) is 6.61 Å². The van der Waals surface area contributed by atoms with Gasteiger partial charge in [-0.25, -0.2) is 4.79 Å². The second-order valence-electron chi connectivity index (χ2n) is 7.71. The Hall–Kier alpha value is -3.15. The number of benzene rings is 2.